The van der Waals surface area contributed by atoms with E-state index in [4.69, 9.17) is 14.5 Å². The maximum absolute atomic E-state index is 10.8. The summed E-state index contributed by atoms with van der Waals surface area (Å²) >= 11 is 0. The lowest BCUT2D eigenvalue weighted by atomic mass is 9.89. The molecular formula is C16H25O5P. The van der Waals surface area contributed by atoms with Crippen LogP contribution in [0.4, 0.5) is 0 Å². The number of ether oxygens (including phenoxy) is 1. The molecule has 1 saturated carbocycles. The smallest absolute Gasteiger partial charge is 0.466 e. The van der Waals surface area contributed by atoms with Gasteiger partial charge in [0.1, 0.15) is 5.75 Å². The molecule has 1 aliphatic carbocycles. The number of phosphoric ester groups is 1. The largest absolute Gasteiger partial charge is 0.472 e. The summed E-state index contributed by atoms with van der Waals surface area (Å²) in [4.78, 5) is 17.6. The first-order valence-electron chi connectivity index (χ1n) is 7.79. The Morgan fingerprint density at radius 1 is 1.27 bits per heavy atom. The summed E-state index contributed by atoms with van der Waals surface area (Å²) in [5.41, 5.74) is 2.18. The van der Waals surface area contributed by atoms with E-state index in [-0.39, 0.29) is 0 Å². The van der Waals surface area contributed by atoms with Crippen LogP contribution in [0, 0.1) is 5.92 Å². The van der Waals surface area contributed by atoms with Crippen LogP contribution in [-0.4, -0.2) is 16.6 Å². The monoisotopic (exact) mass is 328 g/mol. The van der Waals surface area contributed by atoms with Crippen LogP contribution in [0.25, 0.3) is 0 Å². The molecule has 5 nitrogen and oxygen atoms in total. The third-order valence-corrected chi connectivity index (χ3v) is 4.90. The number of hydrogen-bond acceptors (Lipinski definition) is 3. The molecule has 1 unspecified atom stereocenters. The number of para-hydroxylation sites is 1. The van der Waals surface area contributed by atoms with Crippen LogP contribution in [0.15, 0.2) is 18.2 Å². The normalized spacial score (nSPS) is 18.0. The fourth-order valence-corrected chi connectivity index (χ4v) is 2.90. The van der Waals surface area contributed by atoms with Crippen molar-refractivity contribution >= 4 is 7.82 Å². The predicted molar refractivity (Wildman–Crippen MR) is 84.9 cm³/mol. The molecule has 1 aromatic carbocycles. The average molecular weight is 328 g/mol. The second kappa shape index (κ2) is 7.14. The van der Waals surface area contributed by atoms with E-state index in [9.17, 15) is 4.57 Å². The highest BCUT2D eigenvalue weighted by atomic mass is 31.2. The SMILES string of the molecule is CCC(C)c1cccc([C@H](C)C2CC2)c1OCOP(=O)(O)O. The molecule has 0 aliphatic heterocycles. The van der Waals surface area contributed by atoms with E-state index in [0.29, 0.717) is 17.8 Å². The lowest BCUT2D eigenvalue weighted by Crippen LogP contribution is -2.09. The highest BCUT2D eigenvalue weighted by molar-refractivity contribution is 7.46. The molecule has 2 rings (SSSR count). The van der Waals surface area contributed by atoms with E-state index in [1.165, 1.54) is 12.8 Å². The first kappa shape index (κ1) is 17.5. The molecular weight excluding hydrogens is 303 g/mol. The molecule has 0 aromatic heterocycles. The zero-order chi connectivity index (χ0) is 16.3. The van der Waals surface area contributed by atoms with Crippen molar-refractivity contribution in [2.45, 2.75) is 51.9 Å². The van der Waals surface area contributed by atoms with E-state index >= 15 is 0 Å². The Hall–Kier alpha value is -0.870. The zero-order valence-electron chi connectivity index (χ0n) is 13.4. The Morgan fingerprint density at radius 3 is 2.45 bits per heavy atom. The van der Waals surface area contributed by atoms with Crippen molar-refractivity contribution in [3.05, 3.63) is 29.3 Å². The molecule has 2 atom stereocenters. The molecule has 22 heavy (non-hydrogen) atoms. The number of benzene rings is 1. The van der Waals surface area contributed by atoms with Crippen LogP contribution >= 0.6 is 7.82 Å². The van der Waals surface area contributed by atoms with Gasteiger partial charge in [0.2, 0.25) is 0 Å². The Morgan fingerprint density at radius 2 is 1.91 bits per heavy atom. The first-order valence-corrected chi connectivity index (χ1v) is 9.32. The van der Waals surface area contributed by atoms with Crippen LogP contribution in [0.5, 0.6) is 5.75 Å². The van der Waals surface area contributed by atoms with Gasteiger partial charge in [-0.2, -0.15) is 0 Å². The minimum Gasteiger partial charge on any atom is -0.466 e. The summed E-state index contributed by atoms with van der Waals surface area (Å²) in [5.74, 6) is 2.10. The van der Waals surface area contributed by atoms with Crippen LogP contribution in [0.1, 0.15) is 63.0 Å². The Bertz CT molecular complexity index is 549. The Balaban J connectivity index is 2.26. The molecule has 6 heteroatoms. The van der Waals surface area contributed by atoms with Gasteiger partial charge in [0.05, 0.1) is 0 Å². The summed E-state index contributed by atoms with van der Waals surface area (Å²) in [7, 11) is -4.52. The third-order valence-electron chi connectivity index (χ3n) is 4.46. The fraction of sp³-hybridized carbons (Fsp3) is 0.625. The summed E-state index contributed by atoms with van der Waals surface area (Å²) in [5, 5.41) is 0. The van der Waals surface area contributed by atoms with Crippen LogP contribution < -0.4 is 4.74 Å². The highest BCUT2D eigenvalue weighted by Crippen LogP contribution is 2.47. The predicted octanol–water partition coefficient (Wildman–Crippen LogP) is 4.16. The number of rotatable bonds is 8. The van der Waals surface area contributed by atoms with E-state index in [0.717, 1.165) is 23.3 Å². The van der Waals surface area contributed by atoms with Gasteiger partial charge in [0, 0.05) is 0 Å². The molecule has 1 aromatic rings. The van der Waals surface area contributed by atoms with E-state index in [1.807, 2.05) is 18.2 Å². The molecule has 0 saturated heterocycles. The van der Waals surface area contributed by atoms with Crippen LogP contribution in [0.2, 0.25) is 0 Å². The van der Waals surface area contributed by atoms with Crippen molar-refractivity contribution in [3.8, 4) is 5.75 Å². The van der Waals surface area contributed by atoms with Crippen molar-refractivity contribution in [2.75, 3.05) is 6.79 Å². The van der Waals surface area contributed by atoms with Gasteiger partial charge >= 0.3 is 7.82 Å². The molecule has 0 amide bonds. The third kappa shape index (κ3) is 4.56. The minimum atomic E-state index is -4.52. The molecule has 0 heterocycles. The van der Waals surface area contributed by atoms with E-state index in [1.54, 1.807) is 0 Å². The van der Waals surface area contributed by atoms with Crippen molar-refractivity contribution in [1.29, 1.82) is 0 Å². The van der Waals surface area contributed by atoms with Crippen molar-refractivity contribution in [1.82, 2.24) is 0 Å². The molecule has 1 aliphatic rings. The molecule has 2 N–H and O–H groups in total. The zero-order valence-corrected chi connectivity index (χ0v) is 14.3. The summed E-state index contributed by atoms with van der Waals surface area (Å²) in [6.07, 6.45) is 3.43. The number of phosphoric acid groups is 1. The quantitative estimate of drug-likeness (QED) is 0.553. The second-order valence-electron chi connectivity index (χ2n) is 6.08. The van der Waals surface area contributed by atoms with Gasteiger partial charge in [0.25, 0.3) is 0 Å². The van der Waals surface area contributed by atoms with Crippen molar-refractivity contribution < 1.29 is 23.6 Å². The van der Waals surface area contributed by atoms with Crippen LogP contribution in [0.3, 0.4) is 0 Å². The van der Waals surface area contributed by atoms with Crippen LogP contribution in [-0.2, 0) is 9.09 Å². The average Bonchev–Trinajstić information content (AvgIpc) is 3.29. The maximum atomic E-state index is 10.8. The van der Waals surface area contributed by atoms with Gasteiger partial charge in [-0.05, 0) is 48.1 Å². The van der Waals surface area contributed by atoms with Gasteiger partial charge in [-0.3, -0.25) is 0 Å². The van der Waals surface area contributed by atoms with Gasteiger partial charge in [-0.15, -0.1) is 0 Å². The minimum absolute atomic E-state index is 0.316. The lowest BCUT2D eigenvalue weighted by Gasteiger charge is -2.22. The Kier molecular flexibility index (Phi) is 5.67. The highest BCUT2D eigenvalue weighted by Gasteiger charge is 2.31. The van der Waals surface area contributed by atoms with E-state index < -0.39 is 14.6 Å². The molecule has 124 valence electrons. The lowest BCUT2D eigenvalue weighted by molar-refractivity contribution is 0.0808. The summed E-state index contributed by atoms with van der Waals surface area (Å²) < 4.78 is 20.9. The van der Waals surface area contributed by atoms with Gasteiger partial charge in [0.15, 0.2) is 6.79 Å². The van der Waals surface area contributed by atoms with Crippen molar-refractivity contribution in [3.63, 3.8) is 0 Å². The van der Waals surface area contributed by atoms with Gasteiger partial charge in [-0.1, -0.05) is 39.0 Å². The van der Waals surface area contributed by atoms with Gasteiger partial charge in [-0.25, -0.2) is 9.09 Å². The molecule has 0 bridgehead atoms. The van der Waals surface area contributed by atoms with Gasteiger partial charge < -0.3 is 14.5 Å². The maximum Gasteiger partial charge on any atom is 0.472 e. The molecule has 0 radical (unpaired) electrons. The summed E-state index contributed by atoms with van der Waals surface area (Å²) in [6, 6.07) is 6.10. The summed E-state index contributed by atoms with van der Waals surface area (Å²) in [6.45, 7) is 5.97. The topological polar surface area (TPSA) is 76.0 Å². The standard InChI is InChI=1S/C16H25O5P/c1-4-11(2)14-6-5-7-15(12(3)13-8-9-13)16(14)20-10-21-22(17,18)19/h5-7,11-13H,4,8-10H2,1-3H3,(H2,17,18,19)/t11?,12-/m1/s1. The number of hydrogen-bond donors (Lipinski definition) is 2. The fourth-order valence-electron chi connectivity index (χ4n) is 2.71. The second-order valence-corrected chi connectivity index (χ2v) is 7.32. The first-order chi connectivity index (χ1) is 10.3. The van der Waals surface area contributed by atoms with E-state index in [2.05, 4.69) is 25.3 Å². The molecule has 0 spiro atoms. The Labute approximate surface area is 131 Å². The molecule has 1 fully saturated rings. The van der Waals surface area contributed by atoms with Crippen molar-refractivity contribution in [2.24, 2.45) is 5.92 Å².